The van der Waals surface area contributed by atoms with Crippen LogP contribution in [0.1, 0.15) is 18.3 Å². The molecule has 114 valence electrons. The molecule has 0 atom stereocenters. The number of fused-ring (bicyclic) bond motifs is 1. The van der Waals surface area contributed by atoms with Gasteiger partial charge in [-0.25, -0.2) is 13.1 Å². The number of hydrogen-bond donors (Lipinski definition) is 1. The molecule has 0 aliphatic heterocycles. The van der Waals surface area contributed by atoms with Crippen molar-refractivity contribution in [3.8, 4) is 0 Å². The highest BCUT2D eigenvalue weighted by atomic mass is 32.2. The summed E-state index contributed by atoms with van der Waals surface area (Å²) in [7, 11) is -3.56. The minimum absolute atomic E-state index is 0.0864. The number of pyridine rings is 1. The molecule has 7 heteroatoms. The van der Waals surface area contributed by atoms with Gasteiger partial charge < -0.3 is 0 Å². The molecule has 0 fully saturated rings. The van der Waals surface area contributed by atoms with Gasteiger partial charge in [-0.05, 0) is 36.2 Å². The molecule has 0 bridgehead atoms. The maximum Gasteiger partial charge on any atom is 0.240 e. The van der Waals surface area contributed by atoms with Crippen molar-refractivity contribution in [1.29, 1.82) is 0 Å². The number of aryl methyl sites for hydroxylation is 1. The van der Waals surface area contributed by atoms with E-state index in [4.69, 9.17) is 0 Å². The minimum atomic E-state index is -3.56. The Balaban J connectivity index is 1.79. The van der Waals surface area contributed by atoms with Crippen molar-refractivity contribution < 1.29 is 8.42 Å². The Labute approximate surface area is 128 Å². The molecule has 22 heavy (non-hydrogen) atoms. The lowest BCUT2D eigenvalue weighted by atomic mass is 10.2. The van der Waals surface area contributed by atoms with E-state index in [2.05, 4.69) is 14.9 Å². The summed E-state index contributed by atoms with van der Waals surface area (Å²) in [5, 5.41) is 8.00. The van der Waals surface area contributed by atoms with Crippen LogP contribution in [0, 0.1) is 0 Å². The summed E-state index contributed by atoms with van der Waals surface area (Å²) < 4.78 is 28.9. The van der Waals surface area contributed by atoms with Crippen LogP contribution in [-0.2, 0) is 23.0 Å². The van der Waals surface area contributed by atoms with Crippen molar-refractivity contribution in [2.75, 3.05) is 0 Å². The number of rotatable bonds is 5. The van der Waals surface area contributed by atoms with Gasteiger partial charge >= 0.3 is 0 Å². The van der Waals surface area contributed by atoms with Gasteiger partial charge in [0.2, 0.25) is 10.0 Å². The van der Waals surface area contributed by atoms with Crippen molar-refractivity contribution in [1.82, 2.24) is 19.3 Å². The van der Waals surface area contributed by atoms with E-state index in [1.54, 1.807) is 22.7 Å². The fourth-order valence-corrected chi connectivity index (χ4v) is 3.14. The molecule has 0 saturated heterocycles. The SMILES string of the molecule is CCc1ccc(S(=O)(=O)NCc2nnc3ccccn23)cc1. The summed E-state index contributed by atoms with van der Waals surface area (Å²) in [4.78, 5) is 0.249. The number of nitrogens with one attached hydrogen (secondary N) is 1. The standard InChI is InChI=1S/C15H16N4O2S/c1-2-12-6-8-13(9-7-12)22(20,21)16-11-15-18-17-14-5-3-4-10-19(14)15/h3-10,16H,2,11H2,1H3. The van der Waals surface area contributed by atoms with Gasteiger partial charge in [-0.2, -0.15) is 0 Å². The number of sulfonamides is 1. The van der Waals surface area contributed by atoms with E-state index >= 15 is 0 Å². The van der Waals surface area contributed by atoms with E-state index in [1.807, 2.05) is 37.3 Å². The van der Waals surface area contributed by atoms with Gasteiger partial charge in [0.1, 0.15) is 0 Å². The average Bonchev–Trinajstić information content (AvgIpc) is 2.96. The maximum absolute atomic E-state index is 12.3. The number of aromatic nitrogens is 3. The van der Waals surface area contributed by atoms with Gasteiger partial charge in [-0.3, -0.25) is 4.40 Å². The molecular formula is C15H16N4O2S. The molecule has 1 N–H and O–H groups in total. The van der Waals surface area contributed by atoms with Crippen LogP contribution in [0.2, 0.25) is 0 Å². The van der Waals surface area contributed by atoms with E-state index in [0.29, 0.717) is 11.5 Å². The third kappa shape index (κ3) is 2.86. The molecule has 0 radical (unpaired) electrons. The highest BCUT2D eigenvalue weighted by molar-refractivity contribution is 7.89. The minimum Gasteiger partial charge on any atom is -0.285 e. The van der Waals surface area contributed by atoms with Crippen LogP contribution in [0.15, 0.2) is 53.6 Å². The largest absolute Gasteiger partial charge is 0.285 e. The summed E-state index contributed by atoms with van der Waals surface area (Å²) >= 11 is 0. The summed E-state index contributed by atoms with van der Waals surface area (Å²) in [6, 6.07) is 12.4. The van der Waals surface area contributed by atoms with E-state index in [9.17, 15) is 8.42 Å². The third-order valence-electron chi connectivity index (χ3n) is 3.45. The summed E-state index contributed by atoms with van der Waals surface area (Å²) in [6.07, 6.45) is 2.68. The van der Waals surface area contributed by atoms with Crippen LogP contribution in [0.3, 0.4) is 0 Å². The highest BCUT2D eigenvalue weighted by Crippen LogP contribution is 2.11. The van der Waals surface area contributed by atoms with Gasteiger partial charge in [0.25, 0.3) is 0 Å². The lowest BCUT2D eigenvalue weighted by molar-refractivity contribution is 0.579. The fraction of sp³-hybridized carbons (Fsp3) is 0.200. The Morgan fingerprint density at radius 1 is 1.09 bits per heavy atom. The molecule has 0 spiro atoms. The molecule has 0 aliphatic carbocycles. The van der Waals surface area contributed by atoms with Crippen LogP contribution in [0.4, 0.5) is 0 Å². The molecule has 3 rings (SSSR count). The number of nitrogens with zero attached hydrogens (tertiary/aromatic N) is 3. The Morgan fingerprint density at radius 2 is 1.86 bits per heavy atom. The molecule has 1 aromatic carbocycles. The van der Waals surface area contributed by atoms with Crippen molar-refractivity contribution in [2.45, 2.75) is 24.8 Å². The molecule has 6 nitrogen and oxygen atoms in total. The van der Waals surface area contributed by atoms with Gasteiger partial charge in [0, 0.05) is 6.20 Å². The number of benzene rings is 1. The van der Waals surface area contributed by atoms with Gasteiger partial charge in [-0.15, -0.1) is 10.2 Å². The van der Waals surface area contributed by atoms with E-state index in [1.165, 1.54) is 0 Å². The van der Waals surface area contributed by atoms with E-state index in [0.717, 1.165) is 12.0 Å². The quantitative estimate of drug-likeness (QED) is 0.778. The fourth-order valence-electron chi connectivity index (χ4n) is 2.16. The normalized spacial score (nSPS) is 11.9. The topological polar surface area (TPSA) is 76.4 Å². The van der Waals surface area contributed by atoms with Crippen LogP contribution in [0.5, 0.6) is 0 Å². The summed E-state index contributed by atoms with van der Waals surface area (Å²) in [6.45, 7) is 2.11. The Morgan fingerprint density at radius 3 is 2.59 bits per heavy atom. The zero-order chi connectivity index (χ0) is 15.6. The van der Waals surface area contributed by atoms with Crippen LogP contribution in [0.25, 0.3) is 5.65 Å². The molecular weight excluding hydrogens is 300 g/mol. The Bertz CT molecular complexity index is 885. The number of hydrogen-bond acceptors (Lipinski definition) is 4. The third-order valence-corrected chi connectivity index (χ3v) is 4.86. The smallest absolute Gasteiger partial charge is 0.240 e. The first-order valence-electron chi connectivity index (χ1n) is 6.97. The van der Waals surface area contributed by atoms with Gasteiger partial charge in [0.15, 0.2) is 11.5 Å². The van der Waals surface area contributed by atoms with Crippen molar-refractivity contribution >= 4 is 15.7 Å². The molecule has 0 amide bonds. The Kier molecular flexibility index (Phi) is 3.91. The van der Waals surface area contributed by atoms with Crippen LogP contribution < -0.4 is 4.72 Å². The van der Waals surface area contributed by atoms with Crippen LogP contribution >= 0.6 is 0 Å². The second kappa shape index (κ2) is 5.86. The zero-order valence-corrected chi connectivity index (χ0v) is 12.9. The molecule has 0 saturated carbocycles. The van der Waals surface area contributed by atoms with Crippen LogP contribution in [-0.4, -0.2) is 23.0 Å². The first-order valence-corrected chi connectivity index (χ1v) is 8.46. The van der Waals surface area contributed by atoms with Crippen molar-refractivity contribution in [2.24, 2.45) is 0 Å². The predicted molar refractivity (Wildman–Crippen MR) is 82.8 cm³/mol. The van der Waals surface area contributed by atoms with Crippen molar-refractivity contribution in [3.63, 3.8) is 0 Å². The average molecular weight is 316 g/mol. The molecule has 2 aromatic heterocycles. The van der Waals surface area contributed by atoms with E-state index < -0.39 is 10.0 Å². The molecule has 3 aromatic rings. The summed E-state index contributed by atoms with van der Waals surface area (Å²) in [5.74, 6) is 0.546. The molecule has 2 heterocycles. The zero-order valence-electron chi connectivity index (χ0n) is 12.1. The molecule has 0 unspecified atom stereocenters. The summed E-state index contributed by atoms with van der Waals surface area (Å²) in [5.41, 5.74) is 1.78. The second-order valence-corrected chi connectivity index (χ2v) is 6.63. The lowest BCUT2D eigenvalue weighted by Gasteiger charge is -2.06. The predicted octanol–water partition coefficient (Wildman–Crippen LogP) is 1.77. The van der Waals surface area contributed by atoms with Crippen molar-refractivity contribution in [3.05, 3.63) is 60.0 Å². The second-order valence-electron chi connectivity index (χ2n) is 4.87. The molecule has 0 aliphatic rings. The first-order chi connectivity index (χ1) is 10.6. The van der Waals surface area contributed by atoms with Gasteiger partial charge in [-0.1, -0.05) is 25.1 Å². The lowest BCUT2D eigenvalue weighted by Crippen LogP contribution is -2.24. The Hall–Kier alpha value is -2.25. The highest BCUT2D eigenvalue weighted by Gasteiger charge is 2.15. The monoisotopic (exact) mass is 316 g/mol. The van der Waals surface area contributed by atoms with Gasteiger partial charge in [0.05, 0.1) is 11.4 Å². The van der Waals surface area contributed by atoms with E-state index in [-0.39, 0.29) is 11.4 Å². The maximum atomic E-state index is 12.3. The first kappa shape index (κ1) is 14.7.